The Bertz CT molecular complexity index is 363. The van der Waals surface area contributed by atoms with Crippen LogP contribution in [-0.2, 0) is 4.74 Å². The minimum absolute atomic E-state index is 0.348. The van der Waals surface area contributed by atoms with Crippen molar-refractivity contribution in [2.24, 2.45) is 0 Å². The molecular formula is C15H23NOS. The smallest absolute Gasteiger partial charge is 0.0661 e. The van der Waals surface area contributed by atoms with Crippen LogP contribution in [0.1, 0.15) is 32.6 Å². The van der Waals surface area contributed by atoms with E-state index < -0.39 is 0 Å². The zero-order valence-electron chi connectivity index (χ0n) is 11.3. The second-order valence-corrected chi connectivity index (χ2v) is 6.36. The Kier molecular flexibility index (Phi) is 5.39. The first-order valence-corrected chi connectivity index (χ1v) is 7.68. The number of nitrogens with one attached hydrogen (secondary N) is 1. The van der Waals surface area contributed by atoms with Crippen LogP contribution in [0.4, 0.5) is 5.69 Å². The predicted molar refractivity (Wildman–Crippen MR) is 79.5 cm³/mol. The van der Waals surface area contributed by atoms with E-state index in [2.05, 4.69) is 36.5 Å². The minimum atomic E-state index is 0.348. The fraction of sp³-hybridized carbons (Fsp3) is 0.600. The van der Waals surface area contributed by atoms with Crippen molar-refractivity contribution < 1.29 is 4.74 Å². The molecule has 18 heavy (non-hydrogen) atoms. The van der Waals surface area contributed by atoms with Crippen molar-refractivity contribution in [2.75, 3.05) is 19.0 Å². The van der Waals surface area contributed by atoms with Crippen molar-refractivity contribution in [2.45, 2.75) is 48.8 Å². The Labute approximate surface area is 114 Å². The Morgan fingerprint density at radius 3 is 2.78 bits per heavy atom. The topological polar surface area (TPSA) is 21.3 Å². The van der Waals surface area contributed by atoms with Gasteiger partial charge in [0.1, 0.15) is 0 Å². The van der Waals surface area contributed by atoms with Crippen LogP contribution in [0.5, 0.6) is 0 Å². The molecule has 2 rings (SSSR count). The number of hydrogen-bond acceptors (Lipinski definition) is 3. The second-order valence-electron chi connectivity index (χ2n) is 5.02. The molecule has 1 atom stereocenters. The van der Waals surface area contributed by atoms with Crippen LogP contribution < -0.4 is 5.32 Å². The first-order valence-electron chi connectivity index (χ1n) is 6.80. The van der Waals surface area contributed by atoms with Gasteiger partial charge in [-0.25, -0.2) is 0 Å². The lowest BCUT2D eigenvalue weighted by atomic mass is 10.3. The monoisotopic (exact) mass is 265 g/mol. The number of benzene rings is 1. The molecule has 1 fully saturated rings. The van der Waals surface area contributed by atoms with Gasteiger partial charge in [-0.2, -0.15) is 0 Å². The molecule has 0 bridgehead atoms. The molecule has 0 amide bonds. The van der Waals surface area contributed by atoms with Gasteiger partial charge in [0.05, 0.1) is 6.61 Å². The fourth-order valence-corrected chi connectivity index (χ4v) is 3.77. The van der Waals surface area contributed by atoms with Gasteiger partial charge in [-0.15, -0.1) is 11.8 Å². The summed E-state index contributed by atoms with van der Waals surface area (Å²) < 4.78 is 5.18. The molecule has 1 aliphatic rings. The summed E-state index contributed by atoms with van der Waals surface area (Å²) in [5.41, 5.74) is 1.25. The number of ether oxygens (including phenoxy) is 1. The van der Waals surface area contributed by atoms with Gasteiger partial charge in [0.2, 0.25) is 0 Å². The van der Waals surface area contributed by atoms with Gasteiger partial charge in [0.25, 0.3) is 0 Å². The number of methoxy groups -OCH3 is 1. The summed E-state index contributed by atoms with van der Waals surface area (Å²) in [7, 11) is 1.75. The third kappa shape index (κ3) is 3.92. The van der Waals surface area contributed by atoms with E-state index in [4.69, 9.17) is 4.74 Å². The molecule has 1 unspecified atom stereocenters. The van der Waals surface area contributed by atoms with Gasteiger partial charge in [-0.1, -0.05) is 25.0 Å². The molecule has 1 N–H and O–H groups in total. The van der Waals surface area contributed by atoms with Crippen LogP contribution in [0, 0.1) is 0 Å². The summed E-state index contributed by atoms with van der Waals surface area (Å²) >= 11 is 2.03. The lowest BCUT2D eigenvalue weighted by Gasteiger charge is -2.18. The molecule has 1 aliphatic carbocycles. The zero-order chi connectivity index (χ0) is 12.8. The van der Waals surface area contributed by atoms with Gasteiger partial charge in [-0.05, 0) is 31.9 Å². The van der Waals surface area contributed by atoms with Crippen molar-refractivity contribution in [1.82, 2.24) is 0 Å². The second kappa shape index (κ2) is 7.05. The van der Waals surface area contributed by atoms with Crippen molar-refractivity contribution in [1.29, 1.82) is 0 Å². The summed E-state index contributed by atoms with van der Waals surface area (Å²) in [6.07, 6.45) is 5.53. The molecule has 0 radical (unpaired) electrons. The predicted octanol–water partition coefficient (Wildman–Crippen LogP) is 4.17. The molecule has 0 aromatic heterocycles. The van der Waals surface area contributed by atoms with E-state index >= 15 is 0 Å². The summed E-state index contributed by atoms with van der Waals surface area (Å²) in [5, 5.41) is 4.35. The maximum atomic E-state index is 5.18. The van der Waals surface area contributed by atoms with E-state index in [-0.39, 0.29) is 0 Å². The van der Waals surface area contributed by atoms with Crippen LogP contribution in [0.25, 0.3) is 0 Å². The molecule has 2 nitrogen and oxygen atoms in total. The van der Waals surface area contributed by atoms with E-state index in [1.165, 1.54) is 36.3 Å². The highest BCUT2D eigenvalue weighted by molar-refractivity contribution is 8.00. The van der Waals surface area contributed by atoms with E-state index in [0.29, 0.717) is 6.04 Å². The number of anilines is 1. The third-order valence-corrected chi connectivity index (χ3v) is 4.72. The molecule has 0 saturated heterocycles. The Balaban J connectivity index is 2.00. The van der Waals surface area contributed by atoms with Crippen molar-refractivity contribution in [3.05, 3.63) is 24.3 Å². The van der Waals surface area contributed by atoms with Crippen molar-refractivity contribution in [3.63, 3.8) is 0 Å². The number of hydrogen-bond donors (Lipinski definition) is 1. The molecule has 1 aromatic rings. The number of para-hydroxylation sites is 1. The highest BCUT2D eigenvalue weighted by Crippen LogP contribution is 2.38. The summed E-state index contributed by atoms with van der Waals surface area (Å²) in [4.78, 5) is 1.38. The van der Waals surface area contributed by atoms with Gasteiger partial charge >= 0.3 is 0 Å². The largest absolute Gasteiger partial charge is 0.383 e. The fourth-order valence-electron chi connectivity index (χ4n) is 2.43. The van der Waals surface area contributed by atoms with Gasteiger partial charge in [-0.3, -0.25) is 0 Å². The quantitative estimate of drug-likeness (QED) is 0.834. The van der Waals surface area contributed by atoms with Crippen LogP contribution in [0.2, 0.25) is 0 Å². The standard InChI is InChI=1S/C15H23NOS/c1-12(11-17-2)16-14-9-5-6-10-15(14)18-13-7-3-4-8-13/h5-6,9-10,12-13,16H,3-4,7-8,11H2,1-2H3. The third-order valence-electron chi connectivity index (χ3n) is 3.30. The van der Waals surface area contributed by atoms with Gasteiger partial charge < -0.3 is 10.1 Å². The summed E-state index contributed by atoms with van der Waals surface area (Å²) in [6.45, 7) is 2.89. The molecule has 0 aliphatic heterocycles. The Hall–Kier alpha value is -0.670. The lowest BCUT2D eigenvalue weighted by molar-refractivity contribution is 0.190. The van der Waals surface area contributed by atoms with Crippen molar-refractivity contribution in [3.8, 4) is 0 Å². The Morgan fingerprint density at radius 2 is 2.06 bits per heavy atom. The number of thioether (sulfide) groups is 1. The average Bonchev–Trinajstić information content (AvgIpc) is 2.85. The van der Waals surface area contributed by atoms with Crippen molar-refractivity contribution >= 4 is 17.4 Å². The van der Waals surface area contributed by atoms with Gasteiger partial charge in [0, 0.05) is 29.0 Å². The van der Waals surface area contributed by atoms with Crippen LogP contribution >= 0.6 is 11.8 Å². The van der Waals surface area contributed by atoms with E-state index in [9.17, 15) is 0 Å². The first-order chi connectivity index (χ1) is 8.79. The minimum Gasteiger partial charge on any atom is -0.383 e. The molecule has 0 spiro atoms. The first kappa shape index (κ1) is 13.8. The highest BCUT2D eigenvalue weighted by atomic mass is 32.2. The molecule has 0 heterocycles. The maximum Gasteiger partial charge on any atom is 0.0661 e. The number of rotatable bonds is 6. The van der Waals surface area contributed by atoms with Gasteiger partial charge in [0.15, 0.2) is 0 Å². The van der Waals surface area contributed by atoms with E-state index in [1.54, 1.807) is 7.11 Å². The van der Waals surface area contributed by atoms with E-state index in [0.717, 1.165) is 11.9 Å². The van der Waals surface area contributed by atoms with Crippen LogP contribution in [0.3, 0.4) is 0 Å². The molecule has 3 heteroatoms. The maximum absolute atomic E-state index is 5.18. The summed E-state index contributed by atoms with van der Waals surface area (Å²) in [5.74, 6) is 0. The molecule has 1 saturated carbocycles. The highest BCUT2D eigenvalue weighted by Gasteiger charge is 2.17. The van der Waals surface area contributed by atoms with Crippen LogP contribution in [-0.4, -0.2) is 25.0 Å². The average molecular weight is 265 g/mol. The molecule has 100 valence electrons. The lowest BCUT2D eigenvalue weighted by Crippen LogP contribution is -2.21. The zero-order valence-corrected chi connectivity index (χ0v) is 12.1. The Morgan fingerprint density at radius 1 is 1.33 bits per heavy atom. The summed E-state index contributed by atoms with van der Waals surface area (Å²) in [6, 6.07) is 8.97. The normalized spacial score (nSPS) is 17.9. The molecular weight excluding hydrogens is 242 g/mol. The van der Waals surface area contributed by atoms with Crippen LogP contribution in [0.15, 0.2) is 29.2 Å². The van der Waals surface area contributed by atoms with E-state index in [1.807, 2.05) is 11.8 Å². The SMILES string of the molecule is COCC(C)Nc1ccccc1SC1CCCC1. The molecule has 1 aromatic carbocycles.